The highest BCUT2D eigenvalue weighted by Crippen LogP contribution is 2.28. The van der Waals surface area contributed by atoms with Crippen molar-refractivity contribution in [1.29, 1.82) is 0 Å². The lowest BCUT2D eigenvalue weighted by atomic mass is 10.1. The molecule has 2 rings (SSSR count). The molecule has 5 heteroatoms. The smallest absolute Gasteiger partial charge is 0.191 e. The molecule has 0 aliphatic heterocycles. The largest absolute Gasteiger partial charge is 0.381 e. The summed E-state index contributed by atoms with van der Waals surface area (Å²) in [5.41, 5.74) is 2.25. The maximum absolute atomic E-state index is 5.87. The van der Waals surface area contributed by atoms with Gasteiger partial charge in [0.15, 0.2) is 5.96 Å². The third-order valence-electron chi connectivity index (χ3n) is 4.24. The van der Waals surface area contributed by atoms with Gasteiger partial charge in [0, 0.05) is 26.3 Å². The highest BCUT2D eigenvalue weighted by Gasteiger charge is 2.20. The van der Waals surface area contributed by atoms with E-state index < -0.39 is 0 Å². The lowest BCUT2D eigenvalue weighted by Crippen LogP contribution is -2.38. The van der Waals surface area contributed by atoms with Gasteiger partial charge in [-0.1, -0.05) is 24.3 Å². The highest BCUT2D eigenvalue weighted by molar-refractivity contribution is 5.79. The second kappa shape index (κ2) is 11.3. The molecule has 0 heterocycles. The molecule has 5 nitrogen and oxygen atoms in total. The van der Waals surface area contributed by atoms with Crippen LogP contribution in [0.25, 0.3) is 0 Å². The Labute approximate surface area is 164 Å². The van der Waals surface area contributed by atoms with E-state index in [-0.39, 0.29) is 5.60 Å². The summed E-state index contributed by atoms with van der Waals surface area (Å²) in [6.45, 7) is 13.1. The van der Waals surface area contributed by atoms with Crippen LogP contribution in [-0.4, -0.2) is 37.9 Å². The van der Waals surface area contributed by atoms with Crippen LogP contribution >= 0.6 is 0 Å². The third kappa shape index (κ3) is 10.4. The average Bonchev–Trinajstić information content (AvgIpc) is 3.45. The zero-order valence-electron chi connectivity index (χ0n) is 17.5. The predicted molar refractivity (Wildman–Crippen MR) is 112 cm³/mol. The van der Waals surface area contributed by atoms with E-state index in [0.717, 1.165) is 44.6 Å². The minimum atomic E-state index is -0.126. The summed E-state index contributed by atoms with van der Waals surface area (Å²) < 4.78 is 11.5. The van der Waals surface area contributed by atoms with Crippen LogP contribution in [0.5, 0.6) is 0 Å². The van der Waals surface area contributed by atoms with Crippen LogP contribution in [0.4, 0.5) is 0 Å². The number of nitrogens with one attached hydrogen (secondary N) is 2. The second-order valence-corrected chi connectivity index (χ2v) is 8.21. The molecule has 1 aliphatic rings. The minimum Gasteiger partial charge on any atom is -0.381 e. The molecule has 2 N–H and O–H groups in total. The molecule has 0 radical (unpaired) electrons. The van der Waals surface area contributed by atoms with Gasteiger partial charge in [0.25, 0.3) is 0 Å². The van der Waals surface area contributed by atoms with Gasteiger partial charge in [0.2, 0.25) is 0 Å². The van der Waals surface area contributed by atoms with Crippen molar-refractivity contribution in [2.45, 2.75) is 65.7 Å². The first-order chi connectivity index (χ1) is 13.0. The van der Waals surface area contributed by atoms with Gasteiger partial charge in [-0.15, -0.1) is 0 Å². The van der Waals surface area contributed by atoms with Crippen LogP contribution < -0.4 is 10.6 Å². The lowest BCUT2D eigenvalue weighted by Gasteiger charge is -2.19. The van der Waals surface area contributed by atoms with Crippen LogP contribution in [0.1, 0.15) is 58.1 Å². The fraction of sp³-hybridized carbons (Fsp3) is 0.682. The van der Waals surface area contributed by atoms with E-state index in [2.05, 4.69) is 62.6 Å². The molecule has 1 aromatic carbocycles. The Hall–Kier alpha value is -1.59. The predicted octanol–water partition coefficient (Wildman–Crippen LogP) is 3.87. The first-order valence-electron chi connectivity index (χ1n) is 10.3. The molecule has 1 saturated carbocycles. The van der Waals surface area contributed by atoms with Gasteiger partial charge in [-0.25, -0.2) is 4.99 Å². The van der Waals surface area contributed by atoms with E-state index in [9.17, 15) is 0 Å². The van der Waals surface area contributed by atoms with Crippen molar-refractivity contribution < 1.29 is 9.47 Å². The van der Waals surface area contributed by atoms with E-state index in [1.807, 2.05) is 0 Å². The quantitative estimate of drug-likeness (QED) is 0.350. The zero-order chi connectivity index (χ0) is 19.5. The molecular weight excluding hydrogens is 338 g/mol. The Balaban J connectivity index is 1.75. The molecule has 1 fully saturated rings. The van der Waals surface area contributed by atoms with Gasteiger partial charge in [-0.05, 0) is 64.0 Å². The Bertz CT molecular complexity index is 577. The summed E-state index contributed by atoms with van der Waals surface area (Å²) in [7, 11) is 0. The standard InChI is InChI=1S/C22H37N3O2/c1-5-23-21(24-12-7-13-26-16-18-10-11-18)25-15-19-8-6-9-20(14-19)17-27-22(2,3)4/h6,8-9,14,18H,5,7,10-13,15-17H2,1-4H3,(H2,23,24,25). The monoisotopic (exact) mass is 375 g/mol. The fourth-order valence-electron chi connectivity index (χ4n) is 2.55. The molecule has 1 aromatic rings. The van der Waals surface area contributed by atoms with Crippen LogP contribution in [0.3, 0.4) is 0 Å². The molecule has 152 valence electrons. The summed E-state index contributed by atoms with van der Waals surface area (Å²) in [5, 5.41) is 6.69. The fourth-order valence-corrected chi connectivity index (χ4v) is 2.55. The Morgan fingerprint density at radius 1 is 1.19 bits per heavy atom. The van der Waals surface area contributed by atoms with E-state index in [0.29, 0.717) is 13.2 Å². The molecule has 0 bridgehead atoms. The molecule has 0 spiro atoms. The van der Waals surface area contributed by atoms with Gasteiger partial charge in [0.1, 0.15) is 0 Å². The topological polar surface area (TPSA) is 54.9 Å². The Kier molecular flexibility index (Phi) is 9.08. The van der Waals surface area contributed by atoms with Crippen molar-refractivity contribution in [3.63, 3.8) is 0 Å². The highest BCUT2D eigenvalue weighted by atomic mass is 16.5. The SMILES string of the molecule is CCNC(=NCc1cccc(COC(C)(C)C)c1)NCCCOCC1CC1. The summed E-state index contributed by atoms with van der Waals surface area (Å²) in [6, 6.07) is 8.46. The minimum absolute atomic E-state index is 0.126. The molecule has 0 atom stereocenters. The first-order valence-corrected chi connectivity index (χ1v) is 10.3. The van der Waals surface area contributed by atoms with Crippen LogP contribution in [-0.2, 0) is 22.6 Å². The molecule has 27 heavy (non-hydrogen) atoms. The van der Waals surface area contributed by atoms with Crippen molar-refractivity contribution >= 4 is 5.96 Å². The zero-order valence-corrected chi connectivity index (χ0v) is 17.5. The average molecular weight is 376 g/mol. The normalized spacial score (nSPS) is 15.0. The summed E-state index contributed by atoms with van der Waals surface area (Å²) in [5.74, 6) is 1.69. The molecule has 0 amide bonds. The van der Waals surface area contributed by atoms with Gasteiger partial charge in [-0.2, -0.15) is 0 Å². The van der Waals surface area contributed by atoms with Crippen LogP contribution in [0.15, 0.2) is 29.3 Å². The maximum Gasteiger partial charge on any atom is 0.191 e. The number of aliphatic imine (C=N–C) groups is 1. The van der Waals surface area contributed by atoms with Crippen molar-refractivity contribution in [1.82, 2.24) is 10.6 Å². The van der Waals surface area contributed by atoms with Crippen LogP contribution in [0.2, 0.25) is 0 Å². The molecule has 0 unspecified atom stereocenters. The summed E-state index contributed by atoms with van der Waals surface area (Å²) in [4.78, 5) is 4.70. The van der Waals surface area contributed by atoms with Gasteiger partial charge in [0.05, 0.1) is 18.8 Å². The van der Waals surface area contributed by atoms with Crippen LogP contribution in [0, 0.1) is 5.92 Å². The van der Waals surface area contributed by atoms with Gasteiger partial charge in [-0.3, -0.25) is 0 Å². The van der Waals surface area contributed by atoms with E-state index in [1.54, 1.807) is 0 Å². The molecular formula is C22H37N3O2. The third-order valence-corrected chi connectivity index (χ3v) is 4.24. The van der Waals surface area contributed by atoms with Crippen molar-refractivity contribution in [3.8, 4) is 0 Å². The summed E-state index contributed by atoms with van der Waals surface area (Å²) >= 11 is 0. The Morgan fingerprint density at radius 3 is 2.67 bits per heavy atom. The number of hydrogen-bond donors (Lipinski definition) is 2. The van der Waals surface area contributed by atoms with E-state index in [1.165, 1.54) is 24.0 Å². The number of ether oxygens (including phenoxy) is 2. The molecule has 0 aromatic heterocycles. The second-order valence-electron chi connectivity index (χ2n) is 8.21. The van der Waals surface area contributed by atoms with E-state index >= 15 is 0 Å². The molecule has 0 saturated heterocycles. The number of nitrogens with zero attached hydrogens (tertiary/aromatic N) is 1. The van der Waals surface area contributed by atoms with Gasteiger partial charge < -0.3 is 20.1 Å². The first kappa shape index (κ1) is 21.7. The number of guanidine groups is 1. The lowest BCUT2D eigenvalue weighted by molar-refractivity contribution is -0.0149. The Morgan fingerprint density at radius 2 is 1.96 bits per heavy atom. The van der Waals surface area contributed by atoms with Crippen molar-refractivity contribution in [2.24, 2.45) is 10.9 Å². The number of benzene rings is 1. The number of rotatable bonds is 11. The van der Waals surface area contributed by atoms with E-state index in [4.69, 9.17) is 14.5 Å². The maximum atomic E-state index is 5.87. The van der Waals surface area contributed by atoms with Crippen molar-refractivity contribution in [3.05, 3.63) is 35.4 Å². The van der Waals surface area contributed by atoms with Gasteiger partial charge >= 0.3 is 0 Å². The number of hydrogen-bond acceptors (Lipinski definition) is 3. The molecule has 1 aliphatic carbocycles. The van der Waals surface area contributed by atoms with Crippen molar-refractivity contribution in [2.75, 3.05) is 26.3 Å². The summed E-state index contributed by atoms with van der Waals surface area (Å²) in [6.07, 6.45) is 3.69.